The molecule has 20 heavy (non-hydrogen) atoms. The number of anilines is 2. The molecule has 0 aliphatic rings. The maximum absolute atomic E-state index is 13.8. The van der Waals surface area contributed by atoms with E-state index in [2.05, 4.69) is 5.32 Å². The number of hydrogen-bond donors (Lipinski definition) is 1. The molecule has 0 heterocycles. The average Bonchev–Trinajstić information content (AvgIpc) is 2.42. The molecule has 0 bridgehead atoms. The van der Waals surface area contributed by atoms with Gasteiger partial charge in [0.05, 0.1) is 18.9 Å². The monoisotopic (exact) mass is 275 g/mol. The molecule has 0 amide bonds. The molecule has 0 aliphatic carbocycles. The van der Waals surface area contributed by atoms with Crippen molar-refractivity contribution in [2.75, 3.05) is 12.4 Å². The molecule has 2 aromatic rings. The van der Waals surface area contributed by atoms with Crippen molar-refractivity contribution in [3.05, 3.63) is 48.3 Å². The van der Waals surface area contributed by atoms with Gasteiger partial charge in [-0.1, -0.05) is 0 Å². The number of halogens is 1. The zero-order valence-corrected chi connectivity index (χ0v) is 11.8. The lowest BCUT2D eigenvalue weighted by Crippen LogP contribution is -2.05. The minimum atomic E-state index is -0.355. The van der Waals surface area contributed by atoms with Crippen molar-refractivity contribution in [1.82, 2.24) is 0 Å². The van der Waals surface area contributed by atoms with Crippen LogP contribution in [0.15, 0.2) is 42.5 Å². The Bertz CT molecular complexity index is 567. The van der Waals surface area contributed by atoms with Crippen LogP contribution in [0.5, 0.6) is 11.5 Å². The van der Waals surface area contributed by atoms with E-state index < -0.39 is 0 Å². The highest BCUT2D eigenvalue weighted by Gasteiger charge is 2.05. The third-order valence-electron chi connectivity index (χ3n) is 2.68. The van der Waals surface area contributed by atoms with Gasteiger partial charge in [-0.3, -0.25) is 0 Å². The largest absolute Gasteiger partial charge is 0.497 e. The third kappa shape index (κ3) is 3.63. The zero-order chi connectivity index (χ0) is 14.5. The highest BCUT2D eigenvalue weighted by Crippen LogP contribution is 2.25. The van der Waals surface area contributed by atoms with Crippen LogP contribution in [0.1, 0.15) is 13.8 Å². The Hall–Kier alpha value is -2.23. The first kappa shape index (κ1) is 14.2. The molecule has 0 radical (unpaired) electrons. The lowest BCUT2D eigenvalue weighted by atomic mass is 10.2. The summed E-state index contributed by atoms with van der Waals surface area (Å²) in [6.45, 7) is 3.94. The molecule has 106 valence electrons. The van der Waals surface area contributed by atoms with Crippen LogP contribution in [-0.2, 0) is 0 Å². The fourth-order valence-corrected chi connectivity index (χ4v) is 1.77. The highest BCUT2D eigenvalue weighted by molar-refractivity contribution is 5.61. The summed E-state index contributed by atoms with van der Waals surface area (Å²) in [5.74, 6) is 0.932. The van der Waals surface area contributed by atoms with Crippen molar-refractivity contribution in [3.8, 4) is 11.5 Å². The maximum atomic E-state index is 13.8. The van der Waals surface area contributed by atoms with E-state index in [1.807, 2.05) is 38.1 Å². The molecular formula is C16H18FNO2. The van der Waals surface area contributed by atoms with Gasteiger partial charge in [0.1, 0.15) is 17.3 Å². The van der Waals surface area contributed by atoms with Gasteiger partial charge in [-0.25, -0.2) is 4.39 Å². The molecule has 0 aliphatic heterocycles. The first-order chi connectivity index (χ1) is 9.58. The summed E-state index contributed by atoms with van der Waals surface area (Å²) in [7, 11) is 1.51. The number of ether oxygens (including phenoxy) is 2. The predicted octanol–water partition coefficient (Wildman–Crippen LogP) is 4.37. The fourth-order valence-electron chi connectivity index (χ4n) is 1.77. The minimum Gasteiger partial charge on any atom is -0.497 e. The first-order valence-corrected chi connectivity index (χ1v) is 6.46. The quantitative estimate of drug-likeness (QED) is 0.879. The van der Waals surface area contributed by atoms with Crippen LogP contribution in [-0.4, -0.2) is 13.2 Å². The Morgan fingerprint density at radius 3 is 2.20 bits per heavy atom. The first-order valence-electron chi connectivity index (χ1n) is 6.46. The van der Waals surface area contributed by atoms with Crippen LogP contribution >= 0.6 is 0 Å². The van der Waals surface area contributed by atoms with Gasteiger partial charge in [0, 0.05) is 11.8 Å². The smallest absolute Gasteiger partial charge is 0.150 e. The average molecular weight is 275 g/mol. The summed E-state index contributed by atoms with van der Waals surface area (Å²) in [4.78, 5) is 0. The van der Waals surface area contributed by atoms with Crippen LogP contribution in [0.2, 0.25) is 0 Å². The Balaban J connectivity index is 2.10. The van der Waals surface area contributed by atoms with Crippen LogP contribution < -0.4 is 14.8 Å². The Morgan fingerprint density at radius 2 is 1.65 bits per heavy atom. The second kappa shape index (κ2) is 6.28. The molecule has 2 rings (SSSR count). The van der Waals surface area contributed by atoms with Crippen LogP contribution in [0.4, 0.5) is 15.8 Å². The van der Waals surface area contributed by atoms with Gasteiger partial charge < -0.3 is 14.8 Å². The zero-order valence-electron chi connectivity index (χ0n) is 11.8. The lowest BCUT2D eigenvalue weighted by molar-refractivity contribution is 0.242. The molecule has 2 aromatic carbocycles. The normalized spacial score (nSPS) is 10.4. The molecule has 0 aromatic heterocycles. The molecule has 1 N–H and O–H groups in total. The van der Waals surface area contributed by atoms with Gasteiger partial charge in [-0.2, -0.15) is 0 Å². The van der Waals surface area contributed by atoms with Crippen LogP contribution in [0.3, 0.4) is 0 Å². The maximum Gasteiger partial charge on any atom is 0.150 e. The number of hydrogen-bond acceptors (Lipinski definition) is 3. The van der Waals surface area contributed by atoms with Gasteiger partial charge in [0.2, 0.25) is 0 Å². The lowest BCUT2D eigenvalue weighted by Gasteiger charge is -2.12. The molecule has 0 saturated heterocycles. The van der Waals surface area contributed by atoms with E-state index in [0.29, 0.717) is 11.4 Å². The SMILES string of the molecule is COc1ccc(Nc2ccc(OC(C)C)cc2)c(F)c1. The van der Waals surface area contributed by atoms with Crippen molar-refractivity contribution >= 4 is 11.4 Å². The second-order valence-corrected chi connectivity index (χ2v) is 4.66. The van der Waals surface area contributed by atoms with Crippen molar-refractivity contribution < 1.29 is 13.9 Å². The van der Waals surface area contributed by atoms with Gasteiger partial charge in [0.25, 0.3) is 0 Å². The van der Waals surface area contributed by atoms with E-state index in [1.54, 1.807) is 12.1 Å². The summed E-state index contributed by atoms with van der Waals surface area (Å²) in [6.07, 6.45) is 0.132. The Morgan fingerprint density at radius 1 is 1.00 bits per heavy atom. The van der Waals surface area contributed by atoms with E-state index in [-0.39, 0.29) is 11.9 Å². The van der Waals surface area contributed by atoms with E-state index in [9.17, 15) is 4.39 Å². The van der Waals surface area contributed by atoms with Crippen molar-refractivity contribution in [2.45, 2.75) is 20.0 Å². The summed E-state index contributed by atoms with van der Waals surface area (Å²) in [5.41, 5.74) is 1.20. The molecule has 0 atom stereocenters. The van der Waals surface area contributed by atoms with Gasteiger partial charge in [-0.15, -0.1) is 0 Å². The highest BCUT2D eigenvalue weighted by atomic mass is 19.1. The summed E-state index contributed by atoms with van der Waals surface area (Å²) >= 11 is 0. The Labute approximate surface area is 118 Å². The molecule has 3 nitrogen and oxygen atoms in total. The van der Waals surface area contributed by atoms with Gasteiger partial charge in [-0.05, 0) is 50.2 Å². The third-order valence-corrected chi connectivity index (χ3v) is 2.68. The second-order valence-electron chi connectivity index (χ2n) is 4.66. The minimum absolute atomic E-state index is 0.132. The number of rotatable bonds is 5. The molecule has 0 unspecified atom stereocenters. The molecule has 0 saturated carbocycles. The number of methoxy groups -OCH3 is 1. The molecule has 0 fully saturated rings. The summed E-state index contributed by atoms with van der Waals surface area (Å²) < 4.78 is 24.3. The standard InChI is InChI=1S/C16H18FNO2/c1-11(2)20-13-6-4-12(5-7-13)18-16-9-8-14(19-3)10-15(16)17/h4-11,18H,1-3H3. The van der Waals surface area contributed by atoms with Crippen LogP contribution in [0, 0.1) is 5.82 Å². The van der Waals surface area contributed by atoms with E-state index in [4.69, 9.17) is 9.47 Å². The number of benzene rings is 2. The van der Waals surface area contributed by atoms with Crippen molar-refractivity contribution in [2.24, 2.45) is 0 Å². The predicted molar refractivity (Wildman–Crippen MR) is 78.4 cm³/mol. The van der Waals surface area contributed by atoms with E-state index in [1.165, 1.54) is 13.2 Å². The van der Waals surface area contributed by atoms with Gasteiger partial charge in [0.15, 0.2) is 0 Å². The van der Waals surface area contributed by atoms with Crippen molar-refractivity contribution in [1.29, 1.82) is 0 Å². The molecule has 4 heteroatoms. The van der Waals surface area contributed by atoms with Crippen molar-refractivity contribution in [3.63, 3.8) is 0 Å². The summed E-state index contributed by atoms with van der Waals surface area (Å²) in [5, 5.41) is 3.02. The molecular weight excluding hydrogens is 257 g/mol. The fraction of sp³-hybridized carbons (Fsp3) is 0.250. The van der Waals surface area contributed by atoms with Crippen LogP contribution in [0.25, 0.3) is 0 Å². The Kier molecular flexibility index (Phi) is 4.45. The van der Waals surface area contributed by atoms with E-state index in [0.717, 1.165) is 11.4 Å². The van der Waals surface area contributed by atoms with Gasteiger partial charge >= 0.3 is 0 Å². The van der Waals surface area contributed by atoms with E-state index >= 15 is 0 Å². The molecule has 0 spiro atoms. The summed E-state index contributed by atoms with van der Waals surface area (Å²) in [6, 6.07) is 12.1. The topological polar surface area (TPSA) is 30.5 Å². The number of nitrogens with one attached hydrogen (secondary N) is 1.